The molecule has 1 fully saturated rings. The van der Waals surface area contributed by atoms with Crippen LogP contribution in [0.4, 0.5) is 0 Å². The monoisotopic (exact) mass is 238 g/mol. The van der Waals surface area contributed by atoms with Crippen LogP contribution >= 0.6 is 0 Å². The first kappa shape index (κ1) is 11.6. The Hall–Kier alpha value is -1.92. The molecule has 0 saturated carbocycles. The molecule has 1 N–H and O–H groups in total. The van der Waals surface area contributed by atoms with E-state index in [0.29, 0.717) is 18.8 Å². The van der Waals surface area contributed by atoms with Crippen molar-refractivity contribution in [2.75, 3.05) is 13.1 Å². The van der Waals surface area contributed by atoms with Gasteiger partial charge in [0.25, 0.3) is 0 Å². The third kappa shape index (κ3) is 2.27. The van der Waals surface area contributed by atoms with E-state index in [9.17, 15) is 9.70 Å². The lowest BCUT2D eigenvalue weighted by Gasteiger charge is -2.27. The molecule has 1 aromatic rings. The van der Waals surface area contributed by atoms with Gasteiger partial charge in [0.2, 0.25) is 0 Å². The van der Waals surface area contributed by atoms with E-state index in [1.54, 1.807) is 7.05 Å². The molecule has 17 heavy (non-hydrogen) atoms. The number of nitrogens with zero attached hydrogens (tertiary/aromatic N) is 4. The summed E-state index contributed by atoms with van der Waals surface area (Å²) in [6.07, 6.45) is 3.15. The average Bonchev–Trinajstić information content (AvgIpc) is 2.72. The number of carbonyl (C=O) groups is 1. The maximum absolute atomic E-state index is 11.1. The van der Waals surface area contributed by atoms with Gasteiger partial charge in [-0.05, 0) is 12.8 Å². The number of aryl methyl sites for hydroxylation is 1. The van der Waals surface area contributed by atoms with Gasteiger partial charge in [-0.15, -0.1) is 4.91 Å². The molecule has 7 nitrogen and oxygen atoms in total. The lowest BCUT2D eigenvalue weighted by molar-refractivity contribution is 0.0694. The van der Waals surface area contributed by atoms with Crippen LogP contribution in [0.15, 0.2) is 11.5 Å². The molecule has 7 heteroatoms. The first-order valence-corrected chi connectivity index (χ1v) is 5.47. The second kappa shape index (κ2) is 4.52. The molecule has 1 atom stereocenters. The second-order valence-corrected chi connectivity index (χ2v) is 4.24. The van der Waals surface area contributed by atoms with Crippen molar-refractivity contribution in [3.05, 3.63) is 22.4 Å². The summed E-state index contributed by atoms with van der Waals surface area (Å²) in [6, 6.07) is 0. The summed E-state index contributed by atoms with van der Waals surface area (Å²) < 4.78 is 1.49. The molecule has 0 radical (unpaired) electrons. The molecule has 92 valence electrons. The zero-order chi connectivity index (χ0) is 12.4. The summed E-state index contributed by atoms with van der Waals surface area (Å²) in [6.45, 7) is 1.08. The Kier molecular flexibility index (Phi) is 3.08. The normalized spacial score (nSPS) is 20.3. The van der Waals surface area contributed by atoms with Crippen molar-refractivity contribution in [2.24, 2.45) is 12.3 Å². The molecule has 1 aliphatic rings. The molecule has 1 aliphatic heterocycles. The fraction of sp³-hybridized carbons (Fsp3) is 0.600. The lowest BCUT2D eigenvalue weighted by Crippen LogP contribution is -2.30. The average molecular weight is 238 g/mol. The molecule has 0 spiro atoms. The van der Waals surface area contributed by atoms with Crippen LogP contribution < -0.4 is 0 Å². The van der Waals surface area contributed by atoms with Gasteiger partial charge in [-0.3, -0.25) is 9.69 Å². The molecular weight excluding hydrogens is 224 g/mol. The SMILES string of the molecule is Cn1cc(C(=O)O)c(C2CCCN(N=O)C2)n1. The van der Waals surface area contributed by atoms with Crippen molar-refractivity contribution in [3.8, 4) is 0 Å². The van der Waals surface area contributed by atoms with Crippen molar-refractivity contribution in [3.63, 3.8) is 0 Å². The Morgan fingerprint density at radius 3 is 3.06 bits per heavy atom. The van der Waals surface area contributed by atoms with E-state index in [-0.39, 0.29) is 11.5 Å². The number of hydrogen-bond acceptors (Lipinski definition) is 4. The van der Waals surface area contributed by atoms with Crippen molar-refractivity contribution in [1.82, 2.24) is 14.8 Å². The molecule has 2 heterocycles. The Bertz CT molecular complexity index is 443. The fourth-order valence-electron chi connectivity index (χ4n) is 2.23. The smallest absolute Gasteiger partial charge is 0.339 e. The van der Waals surface area contributed by atoms with E-state index in [2.05, 4.69) is 10.4 Å². The Labute approximate surface area is 98.0 Å². The third-order valence-electron chi connectivity index (χ3n) is 2.99. The number of carboxylic acids is 1. The van der Waals surface area contributed by atoms with Crippen molar-refractivity contribution >= 4 is 5.97 Å². The highest BCUT2D eigenvalue weighted by Gasteiger charge is 2.27. The summed E-state index contributed by atoms with van der Waals surface area (Å²) in [5, 5.41) is 17.6. The quantitative estimate of drug-likeness (QED) is 0.793. The van der Waals surface area contributed by atoms with Gasteiger partial charge < -0.3 is 5.11 Å². The topological polar surface area (TPSA) is 87.8 Å². The molecule has 1 aromatic heterocycles. The van der Waals surface area contributed by atoms with E-state index >= 15 is 0 Å². The van der Waals surface area contributed by atoms with Crippen LogP contribution in [0, 0.1) is 4.91 Å². The van der Waals surface area contributed by atoms with Crippen LogP contribution in [-0.2, 0) is 7.05 Å². The number of aromatic nitrogens is 2. The van der Waals surface area contributed by atoms with Crippen molar-refractivity contribution in [2.45, 2.75) is 18.8 Å². The highest BCUT2D eigenvalue weighted by molar-refractivity contribution is 5.88. The minimum atomic E-state index is -0.982. The highest BCUT2D eigenvalue weighted by atomic mass is 16.4. The van der Waals surface area contributed by atoms with Gasteiger partial charge in [0, 0.05) is 32.3 Å². The van der Waals surface area contributed by atoms with Crippen LogP contribution in [0.3, 0.4) is 0 Å². The Morgan fingerprint density at radius 2 is 2.41 bits per heavy atom. The largest absolute Gasteiger partial charge is 0.478 e. The molecule has 2 rings (SSSR count). The summed E-state index contributed by atoms with van der Waals surface area (Å²) in [5.41, 5.74) is 0.763. The summed E-state index contributed by atoms with van der Waals surface area (Å²) in [4.78, 5) is 21.6. The maximum Gasteiger partial charge on any atom is 0.339 e. The first-order chi connectivity index (χ1) is 8.11. The number of carboxylic acid groups (broad SMARTS) is 1. The predicted molar refractivity (Wildman–Crippen MR) is 59.5 cm³/mol. The fourth-order valence-corrected chi connectivity index (χ4v) is 2.23. The molecule has 1 unspecified atom stereocenters. The van der Waals surface area contributed by atoms with Gasteiger partial charge in [0.1, 0.15) is 5.56 Å². The molecule has 0 bridgehead atoms. The Morgan fingerprint density at radius 1 is 1.65 bits per heavy atom. The minimum Gasteiger partial charge on any atom is -0.478 e. The lowest BCUT2D eigenvalue weighted by atomic mass is 9.93. The first-order valence-electron chi connectivity index (χ1n) is 5.47. The van der Waals surface area contributed by atoms with E-state index in [4.69, 9.17) is 5.11 Å². The minimum absolute atomic E-state index is 0.0336. The van der Waals surface area contributed by atoms with Crippen LogP contribution in [0.5, 0.6) is 0 Å². The van der Waals surface area contributed by atoms with E-state index < -0.39 is 5.97 Å². The number of hydrogen-bond donors (Lipinski definition) is 1. The molecule has 0 amide bonds. The molecule has 0 aromatic carbocycles. The predicted octanol–water partition coefficient (Wildman–Crippen LogP) is 0.979. The van der Waals surface area contributed by atoms with Gasteiger partial charge in [-0.25, -0.2) is 4.79 Å². The highest BCUT2D eigenvalue weighted by Crippen LogP contribution is 2.28. The van der Waals surface area contributed by atoms with Crippen molar-refractivity contribution in [1.29, 1.82) is 0 Å². The summed E-state index contributed by atoms with van der Waals surface area (Å²) >= 11 is 0. The number of rotatable bonds is 3. The van der Waals surface area contributed by atoms with Crippen LogP contribution in [-0.4, -0.2) is 39.0 Å². The third-order valence-corrected chi connectivity index (χ3v) is 2.99. The van der Waals surface area contributed by atoms with E-state index in [0.717, 1.165) is 12.8 Å². The maximum atomic E-state index is 11.1. The van der Waals surface area contributed by atoms with Gasteiger partial charge in [0.05, 0.1) is 11.0 Å². The van der Waals surface area contributed by atoms with E-state index in [1.165, 1.54) is 15.9 Å². The number of piperidine rings is 1. The van der Waals surface area contributed by atoms with Gasteiger partial charge >= 0.3 is 5.97 Å². The van der Waals surface area contributed by atoms with Gasteiger partial charge in [0.15, 0.2) is 0 Å². The zero-order valence-corrected chi connectivity index (χ0v) is 9.54. The second-order valence-electron chi connectivity index (χ2n) is 4.24. The molecule has 0 aliphatic carbocycles. The number of nitroso groups, excluding NO2 is 1. The van der Waals surface area contributed by atoms with E-state index in [1.807, 2.05) is 0 Å². The van der Waals surface area contributed by atoms with Crippen LogP contribution in [0.1, 0.15) is 34.8 Å². The number of aromatic carboxylic acids is 1. The summed E-state index contributed by atoms with van der Waals surface area (Å²) in [7, 11) is 1.69. The van der Waals surface area contributed by atoms with Crippen LogP contribution in [0.2, 0.25) is 0 Å². The Balaban J connectivity index is 2.26. The zero-order valence-electron chi connectivity index (χ0n) is 9.54. The molecule has 1 saturated heterocycles. The summed E-state index contributed by atoms with van der Waals surface area (Å²) in [5.74, 6) is -1.02. The van der Waals surface area contributed by atoms with Crippen molar-refractivity contribution < 1.29 is 9.90 Å². The standard InChI is InChI=1S/C10H14N4O3/c1-13-6-8(10(15)16)9(11-13)7-3-2-4-14(5-7)12-17/h6-7H,2-5H2,1H3,(H,15,16). The van der Waals surface area contributed by atoms with Gasteiger partial charge in [-0.1, -0.05) is 0 Å². The molecular formula is C10H14N4O3. The van der Waals surface area contributed by atoms with Gasteiger partial charge in [-0.2, -0.15) is 5.10 Å². The van der Waals surface area contributed by atoms with Crippen LogP contribution in [0.25, 0.3) is 0 Å².